The molecular formula is C10H20N4S. The van der Waals surface area contributed by atoms with Crippen LogP contribution in [0.25, 0.3) is 0 Å². The summed E-state index contributed by atoms with van der Waals surface area (Å²) >= 11 is 1.38. The van der Waals surface area contributed by atoms with Crippen molar-refractivity contribution in [1.29, 1.82) is 0 Å². The average molecular weight is 228 g/mol. The first-order valence-corrected chi connectivity index (χ1v) is 6.10. The van der Waals surface area contributed by atoms with Crippen molar-refractivity contribution in [2.75, 3.05) is 23.7 Å². The normalized spacial score (nSPS) is 11.3. The molecule has 0 fully saturated rings. The summed E-state index contributed by atoms with van der Waals surface area (Å²) in [6, 6.07) is 0. The van der Waals surface area contributed by atoms with Gasteiger partial charge < -0.3 is 10.6 Å². The standard InChI is InChI=1S/C10H20N4S/c1-7(2)5-14(6-8(3)4)10-12-9(11)13-15-10/h7-8H,5-6H2,1-4H3,(H2,11,13). The minimum Gasteiger partial charge on any atom is -0.367 e. The maximum atomic E-state index is 5.54. The first kappa shape index (κ1) is 12.2. The van der Waals surface area contributed by atoms with Gasteiger partial charge in [0.15, 0.2) is 0 Å². The van der Waals surface area contributed by atoms with Gasteiger partial charge in [0.2, 0.25) is 11.1 Å². The fourth-order valence-electron chi connectivity index (χ4n) is 1.47. The van der Waals surface area contributed by atoms with Crippen LogP contribution in [0.1, 0.15) is 27.7 Å². The van der Waals surface area contributed by atoms with Gasteiger partial charge in [-0.1, -0.05) is 27.7 Å². The van der Waals surface area contributed by atoms with Gasteiger partial charge in [-0.3, -0.25) is 0 Å². The van der Waals surface area contributed by atoms with E-state index in [1.807, 2.05) is 0 Å². The van der Waals surface area contributed by atoms with Gasteiger partial charge in [0, 0.05) is 24.6 Å². The van der Waals surface area contributed by atoms with E-state index in [2.05, 4.69) is 42.0 Å². The monoisotopic (exact) mass is 228 g/mol. The van der Waals surface area contributed by atoms with Gasteiger partial charge in [0.1, 0.15) is 0 Å². The van der Waals surface area contributed by atoms with Crippen molar-refractivity contribution in [3.63, 3.8) is 0 Å². The zero-order valence-corrected chi connectivity index (χ0v) is 10.7. The number of aromatic nitrogens is 2. The first-order valence-electron chi connectivity index (χ1n) is 5.33. The Bertz CT molecular complexity index is 285. The molecule has 0 aliphatic carbocycles. The number of hydrogen-bond donors (Lipinski definition) is 1. The fraction of sp³-hybridized carbons (Fsp3) is 0.800. The molecule has 0 saturated heterocycles. The summed E-state index contributed by atoms with van der Waals surface area (Å²) in [4.78, 5) is 6.50. The highest BCUT2D eigenvalue weighted by atomic mass is 32.1. The van der Waals surface area contributed by atoms with E-state index in [0.717, 1.165) is 18.2 Å². The minimum atomic E-state index is 0.382. The van der Waals surface area contributed by atoms with E-state index in [1.165, 1.54) is 11.5 Å². The molecule has 0 aromatic carbocycles. The molecule has 1 heterocycles. The Balaban J connectivity index is 2.71. The van der Waals surface area contributed by atoms with E-state index in [-0.39, 0.29) is 0 Å². The van der Waals surface area contributed by atoms with E-state index < -0.39 is 0 Å². The molecule has 0 bridgehead atoms. The van der Waals surface area contributed by atoms with Crippen molar-refractivity contribution < 1.29 is 0 Å². The second-order valence-electron chi connectivity index (χ2n) is 4.63. The van der Waals surface area contributed by atoms with Crippen LogP contribution < -0.4 is 10.6 Å². The molecule has 1 aromatic rings. The predicted molar refractivity (Wildman–Crippen MR) is 66.2 cm³/mol. The number of rotatable bonds is 5. The largest absolute Gasteiger partial charge is 0.367 e. The van der Waals surface area contributed by atoms with Gasteiger partial charge >= 0.3 is 0 Å². The Hall–Kier alpha value is -0.840. The van der Waals surface area contributed by atoms with Crippen LogP contribution in [-0.2, 0) is 0 Å². The summed E-state index contributed by atoms with van der Waals surface area (Å²) in [6.07, 6.45) is 0. The number of nitrogen functional groups attached to an aromatic ring is 1. The number of nitrogens with zero attached hydrogens (tertiary/aromatic N) is 3. The molecule has 0 spiro atoms. The number of hydrogen-bond acceptors (Lipinski definition) is 5. The summed E-state index contributed by atoms with van der Waals surface area (Å²) < 4.78 is 4.02. The summed E-state index contributed by atoms with van der Waals surface area (Å²) in [5, 5.41) is 0.940. The van der Waals surface area contributed by atoms with E-state index in [0.29, 0.717) is 17.8 Å². The molecule has 5 heteroatoms. The molecule has 0 amide bonds. The van der Waals surface area contributed by atoms with Crippen LogP contribution in [0.3, 0.4) is 0 Å². The van der Waals surface area contributed by atoms with Crippen LogP contribution in [0.5, 0.6) is 0 Å². The van der Waals surface area contributed by atoms with Gasteiger partial charge in [0.05, 0.1) is 0 Å². The maximum absolute atomic E-state index is 5.54. The zero-order chi connectivity index (χ0) is 11.4. The Morgan fingerprint density at radius 3 is 2.07 bits per heavy atom. The third kappa shape index (κ3) is 4.03. The molecule has 1 aromatic heterocycles. The van der Waals surface area contributed by atoms with Crippen molar-refractivity contribution in [3.05, 3.63) is 0 Å². The van der Waals surface area contributed by atoms with Crippen molar-refractivity contribution in [1.82, 2.24) is 9.36 Å². The molecular weight excluding hydrogens is 208 g/mol. The minimum absolute atomic E-state index is 0.382. The lowest BCUT2D eigenvalue weighted by Crippen LogP contribution is -2.31. The summed E-state index contributed by atoms with van der Waals surface area (Å²) in [5.74, 6) is 1.62. The van der Waals surface area contributed by atoms with Crippen LogP contribution in [-0.4, -0.2) is 22.4 Å². The first-order chi connectivity index (χ1) is 6.99. The molecule has 0 radical (unpaired) electrons. The van der Waals surface area contributed by atoms with Gasteiger partial charge in [-0.25, -0.2) is 0 Å². The lowest BCUT2D eigenvalue weighted by molar-refractivity contribution is 0.552. The fourth-order valence-corrected chi connectivity index (χ4v) is 2.08. The summed E-state index contributed by atoms with van der Waals surface area (Å²) in [7, 11) is 0. The molecule has 2 N–H and O–H groups in total. The SMILES string of the molecule is CC(C)CN(CC(C)C)c1nc(N)ns1. The van der Waals surface area contributed by atoms with Gasteiger partial charge in [-0.2, -0.15) is 9.36 Å². The molecule has 0 aliphatic heterocycles. The second-order valence-corrected chi connectivity index (χ2v) is 5.36. The van der Waals surface area contributed by atoms with Crippen molar-refractivity contribution in [3.8, 4) is 0 Å². The molecule has 0 unspecified atom stereocenters. The Labute approximate surface area is 95.7 Å². The highest BCUT2D eigenvalue weighted by molar-refractivity contribution is 7.09. The smallest absolute Gasteiger partial charge is 0.233 e. The number of nitrogens with two attached hydrogens (primary N) is 1. The van der Waals surface area contributed by atoms with Gasteiger partial charge in [0.25, 0.3) is 0 Å². The van der Waals surface area contributed by atoms with Crippen LogP contribution in [0.2, 0.25) is 0 Å². The number of anilines is 2. The zero-order valence-electron chi connectivity index (χ0n) is 9.90. The van der Waals surface area contributed by atoms with Crippen LogP contribution in [0.15, 0.2) is 0 Å². The van der Waals surface area contributed by atoms with Crippen LogP contribution in [0.4, 0.5) is 11.1 Å². The topological polar surface area (TPSA) is 55.0 Å². The molecule has 15 heavy (non-hydrogen) atoms. The van der Waals surface area contributed by atoms with Crippen LogP contribution in [0, 0.1) is 11.8 Å². The molecule has 86 valence electrons. The Kier molecular flexibility index (Phi) is 4.32. The van der Waals surface area contributed by atoms with Crippen molar-refractivity contribution in [2.24, 2.45) is 11.8 Å². The third-order valence-corrected chi connectivity index (χ3v) is 2.66. The van der Waals surface area contributed by atoms with E-state index in [9.17, 15) is 0 Å². The molecule has 1 rings (SSSR count). The maximum Gasteiger partial charge on any atom is 0.233 e. The van der Waals surface area contributed by atoms with Gasteiger partial charge in [-0.05, 0) is 11.8 Å². The molecule has 0 atom stereocenters. The quantitative estimate of drug-likeness (QED) is 0.839. The summed E-state index contributed by atoms with van der Waals surface area (Å²) in [5.41, 5.74) is 5.54. The van der Waals surface area contributed by atoms with E-state index >= 15 is 0 Å². The van der Waals surface area contributed by atoms with Gasteiger partial charge in [-0.15, -0.1) is 0 Å². The van der Waals surface area contributed by atoms with E-state index in [1.54, 1.807) is 0 Å². The van der Waals surface area contributed by atoms with E-state index in [4.69, 9.17) is 5.73 Å². The average Bonchev–Trinajstić information content (AvgIpc) is 2.48. The Morgan fingerprint density at radius 1 is 1.20 bits per heavy atom. The molecule has 0 saturated carbocycles. The Morgan fingerprint density at radius 2 is 1.73 bits per heavy atom. The predicted octanol–water partition coefficient (Wildman–Crippen LogP) is 2.24. The highest BCUT2D eigenvalue weighted by Gasteiger charge is 2.14. The second kappa shape index (κ2) is 5.30. The van der Waals surface area contributed by atoms with Crippen molar-refractivity contribution >= 4 is 22.6 Å². The third-order valence-electron chi connectivity index (χ3n) is 1.87. The lowest BCUT2D eigenvalue weighted by Gasteiger charge is -2.25. The molecule has 4 nitrogen and oxygen atoms in total. The summed E-state index contributed by atoms with van der Waals surface area (Å²) in [6.45, 7) is 10.8. The van der Waals surface area contributed by atoms with Crippen LogP contribution >= 0.6 is 11.5 Å². The molecule has 0 aliphatic rings. The highest BCUT2D eigenvalue weighted by Crippen LogP contribution is 2.20. The van der Waals surface area contributed by atoms with Crippen molar-refractivity contribution in [2.45, 2.75) is 27.7 Å². The lowest BCUT2D eigenvalue weighted by atomic mass is 10.1.